The minimum atomic E-state index is -4.69. The van der Waals surface area contributed by atoms with Crippen LogP contribution in [0.25, 0.3) is 0 Å². The van der Waals surface area contributed by atoms with Gasteiger partial charge >= 0.3 is 25.7 Å². The van der Waals surface area contributed by atoms with Gasteiger partial charge in [-0.25, -0.2) is 4.57 Å². The van der Waals surface area contributed by atoms with Gasteiger partial charge in [0, 0.05) is 12.8 Å². The fourth-order valence-electron chi connectivity index (χ4n) is 4.47. The summed E-state index contributed by atoms with van der Waals surface area (Å²) in [7, 11) is -4.69. The zero-order valence-corrected chi connectivity index (χ0v) is 28.9. The van der Waals surface area contributed by atoms with Crippen LogP contribution in [-0.2, 0) is 37.5 Å². The fraction of sp³-hybridized carbons (Fsp3) is 0.848. The Bertz CT molecular complexity index is 838. The van der Waals surface area contributed by atoms with Crippen LogP contribution in [0.4, 0.5) is 0 Å². The van der Waals surface area contributed by atoms with E-state index in [1.807, 2.05) is 6.92 Å². The number of hydrogen-bond donors (Lipinski definition) is 3. The third-order valence-electron chi connectivity index (χ3n) is 7.26. The molecule has 0 aromatic rings. The van der Waals surface area contributed by atoms with E-state index in [1.54, 1.807) is 0 Å². The Morgan fingerprint density at radius 3 is 1.67 bits per heavy atom. The number of unbranched alkanes of at least 4 members (excludes halogenated alkanes) is 16. The highest BCUT2D eigenvalue weighted by atomic mass is 31.2. The Morgan fingerprint density at radius 2 is 1.11 bits per heavy atom. The molecule has 3 unspecified atom stereocenters. The second-order valence-corrected chi connectivity index (χ2v) is 13.1. The van der Waals surface area contributed by atoms with Crippen LogP contribution in [0.2, 0.25) is 0 Å². The summed E-state index contributed by atoms with van der Waals surface area (Å²) in [5.41, 5.74) is 5.27. The number of aliphatic carboxylic acids is 1. The molecule has 0 fully saturated rings. The van der Waals surface area contributed by atoms with Gasteiger partial charge in [0.05, 0.1) is 13.2 Å². The van der Waals surface area contributed by atoms with E-state index in [1.165, 1.54) is 70.6 Å². The Labute approximate surface area is 271 Å². The summed E-state index contributed by atoms with van der Waals surface area (Å²) in [5.74, 6) is -2.41. The molecule has 0 heterocycles. The molecule has 0 saturated heterocycles. The number of carboxylic acids is 1. The first-order chi connectivity index (χ1) is 21.6. The molecule has 0 aromatic carbocycles. The molecule has 0 spiro atoms. The highest BCUT2D eigenvalue weighted by Crippen LogP contribution is 2.43. The van der Waals surface area contributed by atoms with Gasteiger partial charge in [-0.05, 0) is 38.5 Å². The summed E-state index contributed by atoms with van der Waals surface area (Å²) in [5, 5.41) is 8.79. The Morgan fingerprint density at radius 1 is 0.667 bits per heavy atom. The SMILES string of the molecule is CCCCCCCCC/C=C\CCCCCCCCCC(=O)OC(COC(=O)CCCCC)COP(=O)(O)OCC(N)C(=O)O. The molecule has 264 valence electrons. The van der Waals surface area contributed by atoms with E-state index < -0.39 is 51.1 Å². The number of phosphoric acid groups is 1. The van der Waals surface area contributed by atoms with Crippen molar-refractivity contribution in [3.05, 3.63) is 12.2 Å². The van der Waals surface area contributed by atoms with Crippen LogP contribution in [-0.4, -0.2) is 59.9 Å². The Balaban J connectivity index is 4.21. The highest BCUT2D eigenvalue weighted by molar-refractivity contribution is 7.47. The maximum absolute atomic E-state index is 12.4. The first-order valence-corrected chi connectivity index (χ1v) is 18.7. The molecule has 0 aliphatic carbocycles. The first-order valence-electron chi connectivity index (χ1n) is 17.2. The normalized spacial score (nSPS) is 14.2. The number of carbonyl (C=O) groups excluding carboxylic acids is 2. The van der Waals surface area contributed by atoms with Gasteiger partial charge in [0.25, 0.3) is 0 Å². The second-order valence-electron chi connectivity index (χ2n) is 11.7. The van der Waals surface area contributed by atoms with Crippen LogP contribution in [0, 0.1) is 0 Å². The summed E-state index contributed by atoms with van der Waals surface area (Å²) < 4.78 is 32.1. The molecule has 45 heavy (non-hydrogen) atoms. The van der Waals surface area contributed by atoms with Gasteiger partial charge in [0.2, 0.25) is 0 Å². The van der Waals surface area contributed by atoms with E-state index in [0.29, 0.717) is 12.8 Å². The van der Waals surface area contributed by atoms with Gasteiger partial charge in [0.15, 0.2) is 6.10 Å². The largest absolute Gasteiger partial charge is 0.480 e. The zero-order chi connectivity index (χ0) is 33.6. The molecule has 0 aromatic heterocycles. The average molecular weight is 664 g/mol. The van der Waals surface area contributed by atoms with Crippen molar-refractivity contribution in [2.75, 3.05) is 19.8 Å². The molecule has 0 aliphatic heterocycles. The number of rotatable bonds is 32. The number of ether oxygens (including phenoxy) is 2. The van der Waals surface area contributed by atoms with Crippen molar-refractivity contribution >= 4 is 25.7 Å². The molecule has 0 rings (SSSR count). The van der Waals surface area contributed by atoms with E-state index in [9.17, 15) is 23.8 Å². The fourth-order valence-corrected chi connectivity index (χ4v) is 5.25. The topological polar surface area (TPSA) is 172 Å². The van der Waals surface area contributed by atoms with Gasteiger partial charge in [-0.2, -0.15) is 0 Å². The lowest BCUT2D eigenvalue weighted by molar-refractivity contribution is -0.161. The van der Waals surface area contributed by atoms with Crippen molar-refractivity contribution in [3.63, 3.8) is 0 Å². The molecule has 11 nitrogen and oxygen atoms in total. The van der Waals surface area contributed by atoms with Crippen molar-refractivity contribution in [3.8, 4) is 0 Å². The van der Waals surface area contributed by atoms with Gasteiger partial charge < -0.3 is 25.2 Å². The van der Waals surface area contributed by atoms with Crippen LogP contribution >= 0.6 is 7.82 Å². The van der Waals surface area contributed by atoms with E-state index in [4.69, 9.17) is 24.8 Å². The molecular weight excluding hydrogens is 601 g/mol. The smallest absolute Gasteiger partial charge is 0.472 e. The van der Waals surface area contributed by atoms with Crippen LogP contribution in [0.3, 0.4) is 0 Å². The Hall–Kier alpha value is -1.78. The monoisotopic (exact) mass is 663 g/mol. The van der Waals surface area contributed by atoms with E-state index in [0.717, 1.165) is 38.5 Å². The number of phosphoric ester groups is 1. The van der Waals surface area contributed by atoms with Crippen molar-refractivity contribution in [2.45, 2.75) is 161 Å². The summed E-state index contributed by atoms with van der Waals surface area (Å²) in [6.07, 6.45) is 25.3. The molecule has 3 atom stereocenters. The molecule has 4 N–H and O–H groups in total. The molecular formula is C33H62NO10P. The minimum absolute atomic E-state index is 0.158. The van der Waals surface area contributed by atoms with Crippen molar-refractivity contribution in [2.24, 2.45) is 5.73 Å². The minimum Gasteiger partial charge on any atom is -0.480 e. The predicted molar refractivity (Wildman–Crippen MR) is 176 cm³/mol. The standard InChI is InChI=1S/C33H62NO10P/c1-3-5-7-8-9-10-11-12-13-14-15-16-17-18-19-20-21-23-25-32(36)44-29(26-41-31(35)24-22-6-4-2)27-42-45(39,40)43-28-30(34)33(37)38/h13-14,29-30H,3-12,15-28,34H2,1-2H3,(H,37,38)(H,39,40)/b14-13-. The predicted octanol–water partition coefficient (Wildman–Crippen LogP) is 7.78. The number of nitrogens with two attached hydrogens (primary N) is 1. The molecule has 12 heteroatoms. The van der Waals surface area contributed by atoms with Gasteiger partial charge in [-0.15, -0.1) is 0 Å². The number of esters is 2. The zero-order valence-electron chi connectivity index (χ0n) is 28.0. The summed E-state index contributed by atoms with van der Waals surface area (Å²) in [6.45, 7) is 2.57. The summed E-state index contributed by atoms with van der Waals surface area (Å²) in [6, 6.07) is -1.52. The van der Waals surface area contributed by atoms with Crippen LogP contribution < -0.4 is 5.73 Å². The first kappa shape index (κ1) is 43.2. The van der Waals surface area contributed by atoms with Crippen molar-refractivity contribution in [1.29, 1.82) is 0 Å². The maximum atomic E-state index is 12.4. The van der Waals surface area contributed by atoms with Crippen molar-refractivity contribution in [1.82, 2.24) is 0 Å². The molecule has 0 radical (unpaired) electrons. The third-order valence-corrected chi connectivity index (χ3v) is 8.21. The van der Waals surface area contributed by atoms with Crippen LogP contribution in [0.15, 0.2) is 12.2 Å². The summed E-state index contributed by atoms with van der Waals surface area (Å²) in [4.78, 5) is 45.0. The Kier molecular flexibility index (Phi) is 28.4. The lowest BCUT2D eigenvalue weighted by Crippen LogP contribution is -2.34. The van der Waals surface area contributed by atoms with E-state index in [-0.39, 0.29) is 19.4 Å². The van der Waals surface area contributed by atoms with Crippen LogP contribution in [0.5, 0.6) is 0 Å². The lowest BCUT2D eigenvalue weighted by Gasteiger charge is -2.20. The third kappa shape index (κ3) is 29.4. The van der Waals surface area contributed by atoms with Gasteiger partial charge in [-0.3, -0.25) is 23.4 Å². The lowest BCUT2D eigenvalue weighted by atomic mass is 10.1. The van der Waals surface area contributed by atoms with E-state index >= 15 is 0 Å². The summed E-state index contributed by atoms with van der Waals surface area (Å²) >= 11 is 0. The number of carboxylic acid groups (broad SMARTS) is 1. The van der Waals surface area contributed by atoms with Gasteiger partial charge in [0.1, 0.15) is 12.6 Å². The number of hydrogen-bond acceptors (Lipinski definition) is 9. The molecule has 0 saturated carbocycles. The van der Waals surface area contributed by atoms with Crippen molar-refractivity contribution < 1.29 is 47.5 Å². The van der Waals surface area contributed by atoms with Gasteiger partial charge in [-0.1, -0.05) is 109 Å². The second kappa shape index (κ2) is 29.6. The molecule has 0 amide bonds. The number of carbonyl (C=O) groups is 3. The highest BCUT2D eigenvalue weighted by Gasteiger charge is 2.28. The maximum Gasteiger partial charge on any atom is 0.472 e. The number of allylic oxidation sites excluding steroid dienone is 2. The van der Waals surface area contributed by atoms with E-state index in [2.05, 4.69) is 23.6 Å². The molecule has 0 aliphatic rings. The quantitative estimate of drug-likeness (QED) is 0.0278. The van der Waals surface area contributed by atoms with Crippen LogP contribution in [0.1, 0.15) is 149 Å². The molecule has 0 bridgehead atoms. The average Bonchev–Trinajstić information content (AvgIpc) is 3.00.